The van der Waals surface area contributed by atoms with Gasteiger partial charge in [-0.3, -0.25) is 9.69 Å². The second-order valence-corrected chi connectivity index (χ2v) is 9.70. The summed E-state index contributed by atoms with van der Waals surface area (Å²) in [5.41, 5.74) is 2.16. The van der Waals surface area contributed by atoms with Crippen molar-refractivity contribution in [1.29, 1.82) is 0 Å². The molecule has 2 aromatic rings. The summed E-state index contributed by atoms with van der Waals surface area (Å²) in [6.45, 7) is 3.51. The number of halogens is 2. The number of hydrogen-bond acceptors (Lipinski definition) is 3. The van der Waals surface area contributed by atoms with Gasteiger partial charge in [-0.2, -0.15) is 0 Å². The Balaban J connectivity index is 0.00000256. The maximum absolute atomic E-state index is 13.1. The van der Waals surface area contributed by atoms with Crippen molar-refractivity contribution in [3.8, 4) is 0 Å². The van der Waals surface area contributed by atoms with Crippen LogP contribution < -0.4 is 0 Å². The normalized spacial score (nSPS) is 19.2. The van der Waals surface area contributed by atoms with Crippen molar-refractivity contribution >= 4 is 41.0 Å². The molecule has 1 saturated heterocycles. The average molecular weight is 540 g/mol. The molecule has 0 atom stereocenters. The molecule has 0 unspecified atom stereocenters. The third-order valence-corrected chi connectivity index (χ3v) is 7.46. The quantitative estimate of drug-likeness (QED) is 0.336. The minimum atomic E-state index is -0.426. The van der Waals surface area contributed by atoms with Crippen LogP contribution in [0.5, 0.6) is 0 Å². The Morgan fingerprint density at radius 1 is 1.00 bits per heavy atom. The lowest BCUT2D eigenvalue weighted by Gasteiger charge is -2.32. The zero-order chi connectivity index (χ0) is 20.1. The Bertz CT molecular complexity index is 798. The summed E-state index contributed by atoms with van der Waals surface area (Å²) in [5.74, 6) is 0.646. The van der Waals surface area contributed by atoms with Gasteiger partial charge in [0, 0.05) is 10.1 Å². The predicted molar refractivity (Wildman–Crippen MR) is 132 cm³/mol. The maximum Gasteiger partial charge on any atom is 0.316 e. The SMILES string of the molecule is Cl.O=C(OCCN1CCC(c2ccccc2)CC1)C1(c2ccc(I)cc2)CCCC1. The summed E-state index contributed by atoms with van der Waals surface area (Å²) in [6, 6.07) is 19.3. The van der Waals surface area contributed by atoms with Crippen LogP contribution >= 0.6 is 35.0 Å². The topological polar surface area (TPSA) is 29.5 Å². The second-order valence-electron chi connectivity index (χ2n) is 8.46. The molecule has 1 aliphatic carbocycles. The van der Waals surface area contributed by atoms with Crippen LogP contribution in [-0.2, 0) is 14.9 Å². The summed E-state index contributed by atoms with van der Waals surface area (Å²) >= 11 is 2.31. The molecule has 0 radical (unpaired) electrons. The summed E-state index contributed by atoms with van der Waals surface area (Å²) < 4.78 is 7.05. The summed E-state index contributed by atoms with van der Waals surface area (Å²) in [4.78, 5) is 15.5. The number of likely N-dealkylation sites (tertiary alicyclic amines) is 1. The Labute approximate surface area is 200 Å². The van der Waals surface area contributed by atoms with Crippen molar-refractivity contribution in [3.63, 3.8) is 0 Å². The van der Waals surface area contributed by atoms with E-state index in [4.69, 9.17) is 4.74 Å². The molecule has 0 amide bonds. The van der Waals surface area contributed by atoms with Crippen LogP contribution in [0.1, 0.15) is 55.6 Å². The van der Waals surface area contributed by atoms with Gasteiger partial charge >= 0.3 is 5.97 Å². The maximum atomic E-state index is 13.1. The second kappa shape index (κ2) is 11.0. The van der Waals surface area contributed by atoms with Crippen LogP contribution in [0.25, 0.3) is 0 Å². The summed E-state index contributed by atoms with van der Waals surface area (Å²) in [7, 11) is 0. The smallest absolute Gasteiger partial charge is 0.316 e. The molecular formula is C25H31ClINO2. The number of hydrogen-bond donors (Lipinski definition) is 0. The van der Waals surface area contributed by atoms with Crippen molar-refractivity contribution in [3.05, 3.63) is 69.3 Å². The lowest BCUT2D eigenvalue weighted by molar-refractivity contribution is -0.151. The fourth-order valence-corrected chi connectivity index (χ4v) is 5.34. The zero-order valence-corrected chi connectivity index (χ0v) is 20.4. The van der Waals surface area contributed by atoms with Crippen LogP contribution in [0.4, 0.5) is 0 Å². The van der Waals surface area contributed by atoms with E-state index in [9.17, 15) is 4.79 Å². The molecular weight excluding hydrogens is 509 g/mol. The number of rotatable bonds is 6. The van der Waals surface area contributed by atoms with E-state index in [0.717, 1.165) is 50.9 Å². The monoisotopic (exact) mass is 539 g/mol. The molecule has 30 heavy (non-hydrogen) atoms. The van der Waals surface area contributed by atoms with Crippen molar-refractivity contribution in [2.24, 2.45) is 0 Å². The van der Waals surface area contributed by atoms with Gasteiger partial charge in [0.15, 0.2) is 0 Å². The molecule has 0 spiro atoms. The number of esters is 1. The first-order valence-corrected chi connectivity index (χ1v) is 12.0. The van der Waals surface area contributed by atoms with Gasteiger partial charge in [0.1, 0.15) is 6.61 Å². The van der Waals surface area contributed by atoms with Gasteiger partial charge < -0.3 is 4.74 Å². The first kappa shape index (κ1) is 23.6. The van der Waals surface area contributed by atoms with E-state index in [1.54, 1.807) is 0 Å². The van der Waals surface area contributed by atoms with Gasteiger partial charge in [-0.1, -0.05) is 55.3 Å². The van der Waals surface area contributed by atoms with Gasteiger partial charge in [-0.15, -0.1) is 12.4 Å². The molecule has 2 aliphatic rings. The summed E-state index contributed by atoms with van der Waals surface area (Å²) in [5, 5.41) is 0. The molecule has 4 rings (SSSR count). The van der Waals surface area contributed by atoms with E-state index < -0.39 is 5.41 Å². The minimum Gasteiger partial charge on any atom is -0.464 e. The van der Waals surface area contributed by atoms with Gasteiger partial charge in [0.2, 0.25) is 0 Å². The molecule has 162 valence electrons. The highest BCUT2D eigenvalue weighted by Gasteiger charge is 2.44. The van der Waals surface area contributed by atoms with Gasteiger partial charge in [0.25, 0.3) is 0 Å². The third kappa shape index (κ3) is 5.38. The molecule has 3 nitrogen and oxygen atoms in total. The highest BCUT2D eigenvalue weighted by molar-refractivity contribution is 14.1. The predicted octanol–water partition coefficient (Wildman–Crippen LogP) is 5.95. The van der Waals surface area contributed by atoms with Crippen LogP contribution in [0, 0.1) is 3.57 Å². The molecule has 5 heteroatoms. The number of piperidine rings is 1. The summed E-state index contributed by atoms with van der Waals surface area (Å²) in [6.07, 6.45) is 6.40. The Kier molecular flexibility index (Phi) is 8.61. The average Bonchev–Trinajstić information content (AvgIpc) is 3.26. The standard InChI is InChI=1S/C25H30INO2.ClH/c26-23-10-8-22(9-11-23)25(14-4-5-15-25)24(28)29-19-18-27-16-12-21(13-17-27)20-6-2-1-3-7-20;/h1-3,6-11,21H,4-5,12-19H2;1H. The molecule has 2 fully saturated rings. The van der Waals surface area contributed by atoms with Crippen LogP contribution in [0.15, 0.2) is 54.6 Å². The Morgan fingerprint density at radius 2 is 1.63 bits per heavy atom. The number of ether oxygens (including phenoxy) is 1. The van der Waals surface area contributed by atoms with Gasteiger partial charge in [-0.25, -0.2) is 0 Å². The molecule has 0 bridgehead atoms. The lowest BCUT2D eigenvalue weighted by atomic mass is 9.79. The largest absolute Gasteiger partial charge is 0.464 e. The first-order valence-electron chi connectivity index (χ1n) is 10.9. The molecule has 0 N–H and O–H groups in total. The van der Waals surface area contributed by atoms with Crippen molar-refractivity contribution in [2.45, 2.75) is 49.9 Å². The number of carbonyl (C=O) groups is 1. The van der Waals surface area contributed by atoms with E-state index in [-0.39, 0.29) is 18.4 Å². The molecule has 1 aliphatic heterocycles. The molecule has 1 saturated carbocycles. The molecule has 2 aromatic carbocycles. The van der Waals surface area contributed by atoms with E-state index in [0.29, 0.717) is 12.5 Å². The Morgan fingerprint density at radius 3 is 2.27 bits per heavy atom. The van der Waals surface area contributed by atoms with E-state index in [1.807, 2.05) is 0 Å². The van der Waals surface area contributed by atoms with E-state index in [2.05, 4.69) is 82.1 Å². The number of carbonyl (C=O) groups excluding carboxylic acids is 1. The van der Waals surface area contributed by atoms with Crippen LogP contribution in [-0.4, -0.2) is 37.1 Å². The zero-order valence-electron chi connectivity index (χ0n) is 17.4. The highest BCUT2D eigenvalue weighted by atomic mass is 127. The Hall–Kier alpha value is -1.11. The van der Waals surface area contributed by atoms with Gasteiger partial charge in [-0.05, 0) is 90.5 Å². The van der Waals surface area contributed by atoms with Crippen LogP contribution in [0.2, 0.25) is 0 Å². The highest BCUT2D eigenvalue weighted by Crippen LogP contribution is 2.42. The lowest BCUT2D eigenvalue weighted by Crippen LogP contribution is -2.39. The molecule has 1 heterocycles. The van der Waals surface area contributed by atoms with Crippen molar-refractivity contribution in [2.75, 3.05) is 26.2 Å². The van der Waals surface area contributed by atoms with E-state index >= 15 is 0 Å². The van der Waals surface area contributed by atoms with Crippen molar-refractivity contribution in [1.82, 2.24) is 4.90 Å². The van der Waals surface area contributed by atoms with E-state index in [1.165, 1.54) is 22.0 Å². The molecule has 0 aromatic heterocycles. The van der Waals surface area contributed by atoms with Crippen LogP contribution in [0.3, 0.4) is 0 Å². The minimum absolute atomic E-state index is 0. The fraction of sp³-hybridized carbons (Fsp3) is 0.480. The number of nitrogens with zero attached hydrogens (tertiary/aromatic N) is 1. The first-order chi connectivity index (χ1) is 14.2. The fourth-order valence-electron chi connectivity index (χ4n) is 4.98. The number of benzene rings is 2. The van der Waals surface area contributed by atoms with Gasteiger partial charge in [0.05, 0.1) is 5.41 Å². The third-order valence-electron chi connectivity index (χ3n) is 6.74. The van der Waals surface area contributed by atoms with Crippen molar-refractivity contribution < 1.29 is 9.53 Å².